The van der Waals surface area contributed by atoms with Crippen molar-refractivity contribution in [3.8, 4) is 0 Å². The molecule has 1 aliphatic rings. The topological polar surface area (TPSA) is 3.24 Å². The second-order valence-corrected chi connectivity index (χ2v) is 4.44. The molecule has 1 aliphatic heterocycles. The monoisotopic (exact) mass is 189 g/mol. The van der Waals surface area contributed by atoms with Crippen LogP contribution in [-0.4, -0.2) is 13.1 Å². The van der Waals surface area contributed by atoms with Gasteiger partial charge in [0.2, 0.25) is 0 Å². The Morgan fingerprint density at radius 1 is 1.00 bits per heavy atom. The average Bonchev–Trinajstić information content (AvgIpc) is 2.71. The second-order valence-electron chi connectivity index (χ2n) is 4.44. The van der Waals surface area contributed by atoms with E-state index in [9.17, 15) is 0 Å². The van der Waals surface area contributed by atoms with Crippen LogP contribution in [0.4, 0.5) is 5.69 Å². The zero-order chi connectivity index (χ0) is 9.97. The van der Waals surface area contributed by atoms with Crippen LogP contribution in [0.2, 0.25) is 0 Å². The first-order valence-electron chi connectivity index (χ1n) is 5.62. The lowest BCUT2D eigenvalue weighted by Crippen LogP contribution is -2.17. The first-order valence-corrected chi connectivity index (χ1v) is 5.62. The standard InChI is InChI=1S/C13H19N/c1-11(2)12-5-7-13(8-6-12)14-9-3-4-10-14/h5-8,11H,3-4,9-10H2,1-2H3. The van der Waals surface area contributed by atoms with Crippen molar-refractivity contribution in [2.45, 2.75) is 32.6 Å². The molecular weight excluding hydrogens is 170 g/mol. The van der Waals surface area contributed by atoms with Crippen LogP contribution in [0.15, 0.2) is 24.3 Å². The second kappa shape index (κ2) is 4.04. The van der Waals surface area contributed by atoms with Crippen molar-refractivity contribution in [3.05, 3.63) is 29.8 Å². The van der Waals surface area contributed by atoms with Gasteiger partial charge in [0.05, 0.1) is 0 Å². The van der Waals surface area contributed by atoms with E-state index in [1.807, 2.05) is 0 Å². The Labute approximate surface area is 86.7 Å². The van der Waals surface area contributed by atoms with E-state index in [0.29, 0.717) is 5.92 Å². The van der Waals surface area contributed by atoms with Crippen LogP contribution in [0.5, 0.6) is 0 Å². The largest absolute Gasteiger partial charge is 0.372 e. The van der Waals surface area contributed by atoms with Gasteiger partial charge in [-0.3, -0.25) is 0 Å². The summed E-state index contributed by atoms with van der Waals surface area (Å²) < 4.78 is 0. The summed E-state index contributed by atoms with van der Waals surface area (Å²) in [6.07, 6.45) is 2.71. The molecule has 0 aromatic heterocycles. The minimum absolute atomic E-state index is 0.641. The van der Waals surface area contributed by atoms with Crippen LogP contribution in [0.3, 0.4) is 0 Å². The molecule has 0 radical (unpaired) electrons. The minimum Gasteiger partial charge on any atom is -0.372 e. The fraction of sp³-hybridized carbons (Fsp3) is 0.538. The smallest absolute Gasteiger partial charge is 0.0366 e. The highest BCUT2D eigenvalue weighted by molar-refractivity contribution is 5.48. The third-order valence-corrected chi connectivity index (χ3v) is 3.03. The molecule has 0 aliphatic carbocycles. The van der Waals surface area contributed by atoms with Crippen LogP contribution in [-0.2, 0) is 0 Å². The fourth-order valence-corrected chi connectivity index (χ4v) is 2.05. The quantitative estimate of drug-likeness (QED) is 0.689. The molecule has 0 amide bonds. The van der Waals surface area contributed by atoms with E-state index in [0.717, 1.165) is 0 Å². The third kappa shape index (κ3) is 1.92. The van der Waals surface area contributed by atoms with Crippen molar-refractivity contribution >= 4 is 5.69 Å². The number of nitrogens with zero attached hydrogens (tertiary/aromatic N) is 1. The van der Waals surface area contributed by atoms with Crippen LogP contribution in [0, 0.1) is 0 Å². The van der Waals surface area contributed by atoms with Gasteiger partial charge in [-0.05, 0) is 36.5 Å². The molecule has 76 valence electrons. The summed E-state index contributed by atoms with van der Waals surface area (Å²) in [5, 5.41) is 0. The van der Waals surface area contributed by atoms with Crippen LogP contribution < -0.4 is 4.90 Å². The van der Waals surface area contributed by atoms with E-state index in [1.54, 1.807) is 0 Å². The van der Waals surface area contributed by atoms with E-state index in [1.165, 1.54) is 37.2 Å². The Morgan fingerprint density at radius 2 is 1.57 bits per heavy atom. The highest BCUT2D eigenvalue weighted by atomic mass is 15.1. The molecule has 1 saturated heterocycles. The summed E-state index contributed by atoms with van der Waals surface area (Å²) in [5.41, 5.74) is 2.83. The van der Waals surface area contributed by atoms with Crippen LogP contribution in [0.1, 0.15) is 38.2 Å². The normalized spacial score (nSPS) is 16.6. The van der Waals surface area contributed by atoms with Gasteiger partial charge in [0.15, 0.2) is 0 Å². The molecule has 14 heavy (non-hydrogen) atoms. The van der Waals surface area contributed by atoms with Crippen molar-refractivity contribution in [1.82, 2.24) is 0 Å². The first kappa shape index (κ1) is 9.57. The number of hydrogen-bond donors (Lipinski definition) is 0. The molecule has 0 saturated carbocycles. The maximum atomic E-state index is 2.48. The first-order chi connectivity index (χ1) is 6.77. The summed E-state index contributed by atoms with van der Waals surface area (Å²) in [7, 11) is 0. The van der Waals surface area contributed by atoms with E-state index in [4.69, 9.17) is 0 Å². The Hall–Kier alpha value is -0.980. The number of hydrogen-bond acceptors (Lipinski definition) is 1. The number of rotatable bonds is 2. The van der Waals surface area contributed by atoms with Gasteiger partial charge in [-0.1, -0.05) is 26.0 Å². The van der Waals surface area contributed by atoms with Crippen molar-refractivity contribution < 1.29 is 0 Å². The molecule has 1 heteroatoms. The molecular formula is C13H19N. The lowest BCUT2D eigenvalue weighted by Gasteiger charge is -2.18. The average molecular weight is 189 g/mol. The zero-order valence-electron chi connectivity index (χ0n) is 9.16. The predicted octanol–water partition coefficient (Wildman–Crippen LogP) is 3.41. The third-order valence-electron chi connectivity index (χ3n) is 3.03. The van der Waals surface area contributed by atoms with Crippen LogP contribution in [0.25, 0.3) is 0 Å². The summed E-state index contributed by atoms with van der Waals surface area (Å²) >= 11 is 0. The Balaban J connectivity index is 2.12. The molecule has 1 fully saturated rings. The molecule has 0 atom stereocenters. The predicted molar refractivity (Wildman–Crippen MR) is 62.0 cm³/mol. The van der Waals surface area contributed by atoms with Crippen molar-refractivity contribution in [3.63, 3.8) is 0 Å². The molecule has 0 N–H and O–H groups in total. The molecule has 2 rings (SSSR count). The van der Waals surface area contributed by atoms with Crippen molar-refractivity contribution in [2.24, 2.45) is 0 Å². The van der Waals surface area contributed by atoms with E-state index >= 15 is 0 Å². The Bertz CT molecular complexity index is 281. The summed E-state index contributed by atoms with van der Waals surface area (Å²) in [6.45, 7) is 6.96. The van der Waals surface area contributed by atoms with E-state index < -0.39 is 0 Å². The highest BCUT2D eigenvalue weighted by Crippen LogP contribution is 2.22. The van der Waals surface area contributed by atoms with Gasteiger partial charge in [0.1, 0.15) is 0 Å². The minimum atomic E-state index is 0.641. The van der Waals surface area contributed by atoms with Gasteiger partial charge in [0, 0.05) is 18.8 Å². The molecule has 1 nitrogen and oxygen atoms in total. The van der Waals surface area contributed by atoms with Crippen molar-refractivity contribution in [2.75, 3.05) is 18.0 Å². The van der Waals surface area contributed by atoms with Gasteiger partial charge in [-0.25, -0.2) is 0 Å². The maximum absolute atomic E-state index is 2.48. The van der Waals surface area contributed by atoms with Gasteiger partial charge in [0.25, 0.3) is 0 Å². The van der Waals surface area contributed by atoms with Gasteiger partial charge in [-0.15, -0.1) is 0 Å². The van der Waals surface area contributed by atoms with Gasteiger partial charge < -0.3 is 4.90 Å². The lowest BCUT2D eigenvalue weighted by atomic mass is 10.0. The molecule has 1 aromatic rings. The molecule has 1 aromatic carbocycles. The molecule has 0 spiro atoms. The number of anilines is 1. The van der Waals surface area contributed by atoms with Crippen molar-refractivity contribution in [1.29, 1.82) is 0 Å². The number of benzene rings is 1. The summed E-state index contributed by atoms with van der Waals surface area (Å²) in [4.78, 5) is 2.48. The van der Waals surface area contributed by atoms with E-state index in [-0.39, 0.29) is 0 Å². The van der Waals surface area contributed by atoms with Gasteiger partial charge in [-0.2, -0.15) is 0 Å². The molecule has 1 heterocycles. The Morgan fingerprint density at radius 3 is 2.07 bits per heavy atom. The van der Waals surface area contributed by atoms with Gasteiger partial charge >= 0.3 is 0 Å². The van der Waals surface area contributed by atoms with E-state index in [2.05, 4.69) is 43.0 Å². The molecule has 0 unspecified atom stereocenters. The summed E-state index contributed by atoms with van der Waals surface area (Å²) in [6, 6.07) is 9.05. The molecule has 0 bridgehead atoms. The zero-order valence-corrected chi connectivity index (χ0v) is 9.16. The fourth-order valence-electron chi connectivity index (χ4n) is 2.05. The lowest BCUT2D eigenvalue weighted by molar-refractivity contribution is 0.865. The van der Waals surface area contributed by atoms with Crippen LogP contribution >= 0.6 is 0 Å². The Kier molecular flexibility index (Phi) is 2.76. The summed E-state index contributed by atoms with van der Waals surface area (Å²) in [5.74, 6) is 0.641. The SMILES string of the molecule is CC(C)c1ccc(N2CCCC2)cc1. The highest BCUT2D eigenvalue weighted by Gasteiger charge is 2.11. The maximum Gasteiger partial charge on any atom is 0.0366 e.